The van der Waals surface area contributed by atoms with Crippen LogP contribution in [0.5, 0.6) is 0 Å². The van der Waals surface area contributed by atoms with Crippen molar-refractivity contribution in [3.05, 3.63) is 24.0 Å². The molecule has 5 heteroatoms. The van der Waals surface area contributed by atoms with E-state index in [2.05, 4.69) is 0 Å². The van der Waals surface area contributed by atoms with Gasteiger partial charge >= 0.3 is 0 Å². The lowest BCUT2D eigenvalue weighted by Gasteiger charge is -2.02. The second-order valence-corrected chi connectivity index (χ2v) is 2.36. The van der Waals surface area contributed by atoms with Gasteiger partial charge in [0.2, 0.25) is 5.78 Å². The van der Waals surface area contributed by atoms with Crippen LogP contribution in [0.4, 0.5) is 0 Å². The zero-order valence-electron chi connectivity index (χ0n) is 6.97. The van der Waals surface area contributed by atoms with Gasteiger partial charge in [0, 0.05) is 19.3 Å². The van der Waals surface area contributed by atoms with Crippen LogP contribution in [0.1, 0.15) is 10.5 Å². The van der Waals surface area contributed by atoms with E-state index in [-0.39, 0.29) is 12.4 Å². The molecule has 0 amide bonds. The third-order valence-corrected chi connectivity index (χ3v) is 1.56. The highest BCUT2D eigenvalue weighted by atomic mass is 35.5. The summed E-state index contributed by atoms with van der Waals surface area (Å²) in [5.74, 6) is -0.506. The zero-order valence-corrected chi connectivity index (χ0v) is 7.79. The smallest absolute Gasteiger partial charge is 0.241 e. The first-order valence-electron chi connectivity index (χ1n) is 3.64. The molecule has 1 aromatic heterocycles. The number of aromatic nitrogens is 1. The second-order valence-electron chi connectivity index (χ2n) is 2.36. The average molecular weight is 203 g/mol. The van der Waals surface area contributed by atoms with Gasteiger partial charge in [-0.25, -0.2) is 0 Å². The molecule has 1 aromatic rings. The number of rotatable bonds is 4. The first kappa shape index (κ1) is 11.9. The van der Waals surface area contributed by atoms with Gasteiger partial charge in [-0.2, -0.15) is 0 Å². The van der Waals surface area contributed by atoms with Gasteiger partial charge in [0.25, 0.3) is 0 Å². The summed E-state index contributed by atoms with van der Waals surface area (Å²) in [7, 11) is 0. The molecule has 1 rings (SSSR count). The maximum Gasteiger partial charge on any atom is 0.241 e. The fourth-order valence-corrected chi connectivity index (χ4v) is 1.03. The van der Waals surface area contributed by atoms with Gasteiger partial charge in [0.1, 0.15) is 0 Å². The van der Waals surface area contributed by atoms with Crippen molar-refractivity contribution in [2.75, 3.05) is 6.54 Å². The van der Waals surface area contributed by atoms with E-state index in [4.69, 9.17) is 5.73 Å². The molecule has 72 valence electrons. The second kappa shape index (κ2) is 5.50. The number of ketones is 1. The molecular formula is C8H11ClN2O2. The highest BCUT2D eigenvalue weighted by molar-refractivity contribution is 6.32. The Labute approximate surface area is 82.1 Å². The van der Waals surface area contributed by atoms with Crippen LogP contribution >= 0.6 is 12.4 Å². The largest absolute Gasteiger partial charge is 0.343 e. The third kappa shape index (κ3) is 2.68. The molecular weight excluding hydrogens is 192 g/mol. The predicted molar refractivity (Wildman–Crippen MR) is 51.1 cm³/mol. The summed E-state index contributed by atoms with van der Waals surface area (Å²) in [5.41, 5.74) is 5.71. The fourth-order valence-electron chi connectivity index (χ4n) is 1.03. The SMILES string of the molecule is Cl.NCCn1cccc1C(=O)C=O. The Kier molecular flexibility index (Phi) is 5.03. The van der Waals surface area contributed by atoms with Gasteiger partial charge in [-0.15, -0.1) is 12.4 Å². The van der Waals surface area contributed by atoms with Crippen LogP contribution in [-0.2, 0) is 11.3 Å². The predicted octanol–water partition coefficient (Wildman–Crippen LogP) is 0.250. The number of nitrogens with zero attached hydrogens (tertiary/aromatic N) is 1. The van der Waals surface area contributed by atoms with Crippen molar-refractivity contribution in [1.29, 1.82) is 0 Å². The van der Waals surface area contributed by atoms with Crippen LogP contribution in [0.25, 0.3) is 0 Å². The lowest BCUT2D eigenvalue weighted by atomic mass is 10.3. The van der Waals surface area contributed by atoms with Crippen LogP contribution in [0.3, 0.4) is 0 Å². The number of carbonyl (C=O) groups excluding carboxylic acids is 2. The molecule has 0 saturated carbocycles. The zero-order chi connectivity index (χ0) is 8.97. The molecule has 0 saturated heterocycles. The van der Waals surface area contributed by atoms with E-state index in [1.807, 2.05) is 0 Å². The highest BCUT2D eigenvalue weighted by Crippen LogP contribution is 2.01. The number of aldehydes is 1. The van der Waals surface area contributed by atoms with Crippen LogP contribution in [0, 0.1) is 0 Å². The normalized spacial score (nSPS) is 9.00. The maximum absolute atomic E-state index is 10.9. The van der Waals surface area contributed by atoms with E-state index in [1.54, 1.807) is 22.9 Å². The highest BCUT2D eigenvalue weighted by Gasteiger charge is 2.07. The average Bonchev–Trinajstić information content (AvgIpc) is 2.52. The summed E-state index contributed by atoms with van der Waals surface area (Å²) < 4.78 is 1.66. The summed E-state index contributed by atoms with van der Waals surface area (Å²) >= 11 is 0. The van der Waals surface area contributed by atoms with Crippen molar-refractivity contribution in [2.45, 2.75) is 6.54 Å². The summed E-state index contributed by atoms with van der Waals surface area (Å²) in [5, 5.41) is 0. The van der Waals surface area contributed by atoms with Gasteiger partial charge in [-0.05, 0) is 12.1 Å². The lowest BCUT2D eigenvalue weighted by molar-refractivity contribution is -0.104. The first-order chi connectivity index (χ1) is 5.79. The van der Waals surface area contributed by atoms with E-state index in [1.165, 1.54) is 0 Å². The molecule has 0 aliphatic carbocycles. The van der Waals surface area contributed by atoms with Gasteiger partial charge in [-0.3, -0.25) is 9.59 Å². The molecule has 13 heavy (non-hydrogen) atoms. The van der Waals surface area contributed by atoms with Crippen molar-refractivity contribution in [1.82, 2.24) is 4.57 Å². The topological polar surface area (TPSA) is 65.1 Å². The lowest BCUT2D eigenvalue weighted by Crippen LogP contribution is -2.14. The minimum Gasteiger partial charge on any atom is -0.343 e. The number of hydrogen-bond donors (Lipinski definition) is 1. The van der Waals surface area contributed by atoms with E-state index >= 15 is 0 Å². The van der Waals surface area contributed by atoms with Crippen LogP contribution in [-0.4, -0.2) is 23.2 Å². The quantitative estimate of drug-likeness (QED) is 0.433. The molecule has 0 bridgehead atoms. The number of nitrogens with two attached hydrogens (primary N) is 1. The molecule has 0 atom stereocenters. The molecule has 0 radical (unpaired) electrons. The van der Waals surface area contributed by atoms with Crippen molar-refractivity contribution in [3.63, 3.8) is 0 Å². The Morgan fingerprint density at radius 1 is 1.62 bits per heavy atom. The Morgan fingerprint density at radius 3 is 2.85 bits per heavy atom. The van der Waals surface area contributed by atoms with Crippen molar-refractivity contribution in [3.8, 4) is 0 Å². The van der Waals surface area contributed by atoms with Crippen molar-refractivity contribution < 1.29 is 9.59 Å². The first-order valence-corrected chi connectivity index (χ1v) is 3.64. The summed E-state index contributed by atoms with van der Waals surface area (Å²) in [4.78, 5) is 21.1. The summed E-state index contributed by atoms with van der Waals surface area (Å²) in [6.07, 6.45) is 2.03. The van der Waals surface area contributed by atoms with E-state index in [9.17, 15) is 9.59 Å². The van der Waals surface area contributed by atoms with Crippen molar-refractivity contribution in [2.24, 2.45) is 5.73 Å². The molecule has 0 aliphatic rings. The number of halogens is 1. The number of hydrogen-bond acceptors (Lipinski definition) is 3. The van der Waals surface area contributed by atoms with Gasteiger partial charge in [-0.1, -0.05) is 0 Å². The molecule has 4 nitrogen and oxygen atoms in total. The standard InChI is InChI=1S/C8H10N2O2.ClH/c9-3-5-10-4-1-2-7(10)8(12)6-11;/h1-2,4,6H,3,5,9H2;1H. The van der Waals surface area contributed by atoms with Gasteiger partial charge in [0.15, 0.2) is 6.29 Å². The van der Waals surface area contributed by atoms with Crippen LogP contribution in [0.15, 0.2) is 18.3 Å². The number of Topliss-reactive ketones (excluding diaryl/α,β-unsaturated/α-hetero) is 1. The Morgan fingerprint density at radius 2 is 2.31 bits per heavy atom. The minimum atomic E-state index is -0.506. The fraction of sp³-hybridized carbons (Fsp3) is 0.250. The number of carbonyl (C=O) groups is 2. The Hall–Kier alpha value is -1.13. The van der Waals surface area contributed by atoms with Crippen LogP contribution in [0.2, 0.25) is 0 Å². The van der Waals surface area contributed by atoms with E-state index < -0.39 is 5.78 Å². The molecule has 0 fully saturated rings. The molecule has 2 N–H and O–H groups in total. The van der Waals surface area contributed by atoms with Crippen molar-refractivity contribution >= 4 is 24.5 Å². The Balaban J connectivity index is 0.00000144. The van der Waals surface area contributed by atoms with E-state index in [0.29, 0.717) is 25.1 Å². The molecule has 0 unspecified atom stereocenters. The molecule has 0 aromatic carbocycles. The van der Waals surface area contributed by atoms with Crippen LogP contribution < -0.4 is 5.73 Å². The minimum absolute atomic E-state index is 0. The Bertz CT molecular complexity index is 296. The van der Waals surface area contributed by atoms with E-state index in [0.717, 1.165) is 0 Å². The molecule has 1 heterocycles. The third-order valence-electron chi connectivity index (χ3n) is 1.56. The summed E-state index contributed by atoms with van der Waals surface area (Å²) in [6.45, 7) is 1.01. The van der Waals surface area contributed by atoms with Gasteiger partial charge in [0.05, 0.1) is 5.69 Å². The summed E-state index contributed by atoms with van der Waals surface area (Å²) in [6, 6.07) is 3.32. The molecule has 0 aliphatic heterocycles. The maximum atomic E-state index is 10.9. The monoisotopic (exact) mass is 202 g/mol. The molecule has 0 spiro atoms. The van der Waals surface area contributed by atoms with Gasteiger partial charge < -0.3 is 10.3 Å².